The molecule has 0 heterocycles. The second-order valence-electron chi connectivity index (χ2n) is 12.0. The van der Waals surface area contributed by atoms with Crippen molar-refractivity contribution >= 4 is 23.3 Å². The number of aliphatic hydroxyl groups excluding tert-OH is 1. The van der Waals surface area contributed by atoms with Crippen molar-refractivity contribution in [2.75, 3.05) is 5.75 Å². The second-order valence-corrected chi connectivity index (χ2v) is 13.3. The molecule has 0 bridgehead atoms. The number of rotatable bonds is 4. The maximum atomic E-state index is 13.5. The Morgan fingerprint density at radius 3 is 2.59 bits per heavy atom. The highest BCUT2D eigenvalue weighted by Gasteiger charge is 2.68. The summed E-state index contributed by atoms with van der Waals surface area (Å²) in [6.07, 6.45) is 12.7. The summed E-state index contributed by atoms with van der Waals surface area (Å²) < 4.78 is 0. The maximum absolute atomic E-state index is 13.5. The van der Waals surface area contributed by atoms with Crippen molar-refractivity contribution in [2.24, 2.45) is 28.6 Å². The molecule has 5 rings (SSSR count). The van der Waals surface area contributed by atoms with Gasteiger partial charge in [0.1, 0.15) is 5.60 Å². The van der Waals surface area contributed by atoms with Crippen molar-refractivity contribution in [3.8, 4) is 0 Å². The molecule has 5 aliphatic carbocycles. The summed E-state index contributed by atoms with van der Waals surface area (Å²) in [7, 11) is 0. The zero-order valence-corrected chi connectivity index (χ0v) is 20.6. The summed E-state index contributed by atoms with van der Waals surface area (Å²) in [5.74, 6) is 1.33. The van der Waals surface area contributed by atoms with E-state index in [2.05, 4.69) is 13.8 Å². The monoisotopic (exact) mass is 460 g/mol. The molecule has 0 saturated heterocycles. The quantitative estimate of drug-likeness (QED) is 0.627. The summed E-state index contributed by atoms with van der Waals surface area (Å²) in [5.41, 5.74) is -0.769. The third-order valence-electron chi connectivity index (χ3n) is 10.5. The lowest BCUT2D eigenvalue weighted by Gasteiger charge is -2.60. The van der Waals surface area contributed by atoms with Gasteiger partial charge in [-0.3, -0.25) is 9.59 Å². The van der Waals surface area contributed by atoms with E-state index in [0.717, 1.165) is 25.7 Å². The van der Waals surface area contributed by atoms with E-state index in [0.29, 0.717) is 36.2 Å². The van der Waals surface area contributed by atoms with Crippen molar-refractivity contribution in [1.82, 2.24) is 0 Å². The highest BCUT2D eigenvalue weighted by Crippen LogP contribution is 2.67. The Kier molecular flexibility index (Phi) is 5.95. The van der Waals surface area contributed by atoms with Crippen LogP contribution in [-0.2, 0) is 9.59 Å². The molecule has 178 valence electrons. The molecule has 0 aromatic heterocycles. The number of carbonyl (C=O) groups is 2. The van der Waals surface area contributed by atoms with E-state index in [4.69, 9.17) is 0 Å². The molecule has 4 fully saturated rings. The third kappa shape index (κ3) is 3.40. The predicted octanol–water partition coefficient (Wildman–Crippen LogP) is 4.86. The smallest absolute Gasteiger partial charge is 0.174 e. The van der Waals surface area contributed by atoms with Gasteiger partial charge >= 0.3 is 0 Å². The van der Waals surface area contributed by atoms with Gasteiger partial charge in [-0.15, -0.1) is 0 Å². The lowest BCUT2D eigenvalue weighted by molar-refractivity contribution is -0.178. The van der Waals surface area contributed by atoms with Gasteiger partial charge in [0.15, 0.2) is 11.6 Å². The van der Waals surface area contributed by atoms with Crippen LogP contribution in [0.5, 0.6) is 0 Å². The van der Waals surface area contributed by atoms with Gasteiger partial charge in [-0.2, -0.15) is 11.8 Å². The van der Waals surface area contributed by atoms with E-state index in [1.807, 2.05) is 6.08 Å². The number of hydrogen-bond acceptors (Lipinski definition) is 5. The van der Waals surface area contributed by atoms with Gasteiger partial charge in [0.05, 0.1) is 11.9 Å². The first-order chi connectivity index (χ1) is 15.2. The largest absolute Gasteiger partial charge is 0.393 e. The number of aliphatic hydroxyl groups is 2. The van der Waals surface area contributed by atoms with Crippen LogP contribution < -0.4 is 0 Å². The minimum atomic E-state index is -1.31. The normalized spacial score (nSPS) is 46.8. The topological polar surface area (TPSA) is 74.6 Å². The number of Topliss-reactive ketones (excluding diaryl/α,β-unsaturated/α-hetero) is 1. The van der Waals surface area contributed by atoms with E-state index in [9.17, 15) is 19.8 Å². The van der Waals surface area contributed by atoms with Crippen LogP contribution in [0.25, 0.3) is 0 Å². The first kappa shape index (κ1) is 23.1. The summed E-state index contributed by atoms with van der Waals surface area (Å²) in [4.78, 5) is 25.5. The molecule has 4 saturated carbocycles. The molecule has 0 aromatic rings. The molecule has 0 amide bonds. The van der Waals surface area contributed by atoms with Gasteiger partial charge in [0, 0.05) is 17.1 Å². The van der Waals surface area contributed by atoms with E-state index in [-0.39, 0.29) is 28.8 Å². The molecule has 2 N–H and O–H groups in total. The van der Waals surface area contributed by atoms with Crippen molar-refractivity contribution in [2.45, 2.75) is 108 Å². The predicted molar refractivity (Wildman–Crippen MR) is 127 cm³/mol. The Bertz CT molecular complexity index is 816. The Hall–Kier alpha value is -0.650. The van der Waals surface area contributed by atoms with Gasteiger partial charge in [-0.1, -0.05) is 38.7 Å². The van der Waals surface area contributed by atoms with Gasteiger partial charge in [-0.05, 0) is 80.6 Å². The second kappa shape index (κ2) is 8.23. The van der Waals surface area contributed by atoms with Crippen LogP contribution >= 0.6 is 11.8 Å². The summed E-state index contributed by atoms with van der Waals surface area (Å²) in [5, 5.41) is 23.9. The molecule has 6 unspecified atom stereocenters. The lowest BCUT2D eigenvalue weighted by Crippen LogP contribution is -2.62. The number of hydrogen-bond donors (Lipinski definition) is 2. The number of carbonyl (C=O) groups excluding carboxylic acids is 2. The van der Waals surface area contributed by atoms with Crippen LogP contribution in [0.3, 0.4) is 0 Å². The molecule has 7 atom stereocenters. The Morgan fingerprint density at radius 1 is 1.09 bits per heavy atom. The van der Waals surface area contributed by atoms with Crippen molar-refractivity contribution in [3.63, 3.8) is 0 Å². The molecule has 0 aliphatic heterocycles. The first-order valence-corrected chi connectivity index (χ1v) is 14.0. The molecule has 0 radical (unpaired) electrons. The standard InChI is InChI=1S/C27H40O4S/c1-25-12-10-18(28)14-17(25)8-9-20-21-11-13-27(31,26(21,2)15-22(29)24(20)25)23(30)16-32-19-6-4-3-5-7-19/h14,19-22,24,29,31H,3-13,15-16H2,1-2H3/t20?,21?,22?,24?,25?,26?,27-/m0/s1. The van der Waals surface area contributed by atoms with Crippen LogP contribution in [0.1, 0.15) is 90.9 Å². The van der Waals surface area contributed by atoms with Crippen molar-refractivity contribution in [1.29, 1.82) is 0 Å². The molecule has 0 spiro atoms. The summed E-state index contributed by atoms with van der Waals surface area (Å²) in [6, 6.07) is 0. The van der Waals surface area contributed by atoms with E-state index in [1.165, 1.54) is 37.7 Å². The van der Waals surface area contributed by atoms with E-state index in [1.54, 1.807) is 11.8 Å². The molecule has 5 aliphatic rings. The number of ketones is 2. The average molecular weight is 461 g/mol. The van der Waals surface area contributed by atoms with Gasteiger partial charge in [-0.25, -0.2) is 0 Å². The first-order valence-electron chi connectivity index (χ1n) is 13.0. The highest BCUT2D eigenvalue weighted by atomic mass is 32.2. The molecule has 5 heteroatoms. The van der Waals surface area contributed by atoms with Crippen LogP contribution in [0.4, 0.5) is 0 Å². The van der Waals surface area contributed by atoms with Crippen LogP contribution in [0.2, 0.25) is 0 Å². The Labute approximate surface area is 197 Å². The summed E-state index contributed by atoms with van der Waals surface area (Å²) in [6.45, 7) is 4.34. The van der Waals surface area contributed by atoms with E-state index >= 15 is 0 Å². The fraction of sp³-hybridized carbons (Fsp3) is 0.852. The molecule has 0 aromatic carbocycles. The molecule has 4 nitrogen and oxygen atoms in total. The summed E-state index contributed by atoms with van der Waals surface area (Å²) >= 11 is 1.76. The van der Waals surface area contributed by atoms with Gasteiger partial charge in [0.2, 0.25) is 0 Å². The Morgan fingerprint density at radius 2 is 1.84 bits per heavy atom. The van der Waals surface area contributed by atoms with Crippen LogP contribution in [-0.4, -0.2) is 44.5 Å². The zero-order valence-electron chi connectivity index (χ0n) is 19.8. The maximum Gasteiger partial charge on any atom is 0.174 e. The third-order valence-corrected chi connectivity index (χ3v) is 11.9. The van der Waals surface area contributed by atoms with Crippen LogP contribution in [0, 0.1) is 28.6 Å². The zero-order chi connectivity index (χ0) is 22.7. The fourth-order valence-corrected chi connectivity index (χ4v) is 9.99. The molecule has 32 heavy (non-hydrogen) atoms. The van der Waals surface area contributed by atoms with Crippen LogP contribution in [0.15, 0.2) is 11.6 Å². The SMILES string of the molecule is CC12CCC(=O)C=C1CCC1C2C(O)CC2(C)C1CC[C@]2(O)C(=O)CSC1CCCCC1. The minimum Gasteiger partial charge on any atom is -0.393 e. The van der Waals surface area contributed by atoms with Gasteiger partial charge < -0.3 is 10.2 Å². The Balaban J connectivity index is 1.37. The number of thioether (sulfide) groups is 1. The van der Waals surface area contributed by atoms with Crippen molar-refractivity contribution in [3.05, 3.63) is 11.6 Å². The fourth-order valence-electron chi connectivity index (χ4n) is 8.69. The highest BCUT2D eigenvalue weighted by molar-refractivity contribution is 8.00. The van der Waals surface area contributed by atoms with E-state index < -0.39 is 17.1 Å². The molecular weight excluding hydrogens is 420 g/mol. The lowest BCUT2D eigenvalue weighted by atomic mass is 9.45. The van der Waals surface area contributed by atoms with Gasteiger partial charge in [0.25, 0.3) is 0 Å². The molecular formula is C27H40O4S. The average Bonchev–Trinajstić information content (AvgIpc) is 3.04. The van der Waals surface area contributed by atoms with Crippen molar-refractivity contribution < 1.29 is 19.8 Å². The number of allylic oxidation sites excluding steroid dienone is 1. The minimum absolute atomic E-state index is 0.00501. The number of fused-ring (bicyclic) bond motifs is 5.